The van der Waals surface area contributed by atoms with Gasteiger partial charge in [0.05, 0.1) is 0 Å². The van der Waals surface area contributed by atoms with Gasteiger partial charge in [0, 0.05) is 6.04 Å². The van der Waals surface area contributed by atoms with Crippen molar-refractivity contribution >= 4 is 0 Å². The summed E-state index contributed by atoms with van der Waals surface area (Å²) in [6, 6.07) is 11.6. The van der Waals surface area contributed by atoms with Gasteiger partial charge in [-0.25, -0.2) is 0 Å². The van der Waals surface area contributed by atoms with Gasteiger partial charge in [-0.3, -0.25) is 0 Å². The largest absolute Gasteiger partial charge is 0.303 e. The van der Waals surface area contributed by atoms with Gasteiger partial charge in [0.2, 0.25) is 0 Å². The van der Waals surface area contributed by atoms with E-state index < -0.39 is 0 Å². The van der Waals surface area contributed by atoms with E-state index in [1.54, 1.807) is 0 Å². The maximum absolute atomic E-state index is 2.50. The molecule has 1 nitrogen and oxygen atoms in total. The fourth-order valence-corrected chi connectivity index (χ4v) is 2.32. The van der Waals surface area contributed by atoms with E-state index in [2.05, 4.69) is 42.3 Å². The van der Waals surface area contributed by atoms with Gasteiger partial charge < -0.3 is 4.90 Å². The van der Waals surface area contributed by atoms with E-state index in [1.165, 1.54) is 37.8 Å². The van der Waals surface area contributed by atoms with Gasteiger partial charge in [-0.05, 0) is 44.8 Å². The Bertz CT molecular complexity index is 268. The zero-order valence-electron chi connectivity index (χ0n) is 8.95. The third-order valence-corrected chi connectivity index (χ3v) is 3.28. The molecule has 0 saturated carbocycles. The van der Waals surface area contributed by atoms with Crippen LogP contribution in [-0.2, 0) is 6.42 Å². The van der Waals surface area contributed by atoms with Crippen LogP contribution in [0.25, 0.3) is 0 Å². The lowest BCUT2D eigenvalue weighted by Gasteiger charge is -2.18. The highest BCUT2D eigenvalue weighted by atomic mass is 15.1. The van der Waals surface area contributed by atoms with Crippen molar-refractivity contribution in [3.63, 3.8) is 0 Å². The number of hydrogen-bond donors (Lipinski definition) is 0. The van der Waals surface area contributed by atoms with Crippen molar-refractivity contribution in [2.75, 3.05) is 13.6 Å². The molecule has 1 atom stereocenters. The van der Waals surface area contributed by atoms with Crippen LogP contribution in [0.1, 0.15) is 24.8 Å². The van der Waals surface area contributed by atoms with Crippen molar-refractivity contribution in [2.24, 2.45) is 0 Å². The second-order valence-corrected chi connectivity index (χ2v) is 4.30. The first-order chi connectivity index (χ1) is 6.86. The van der Waals surface area contributed by atoms with Crippen LogP contribution >= 0.6 is 0 Å². The molecule has 1 aliphatic heterocycles. The number of benzene rings is 1. The predicted molar refractivity (Wildman–Crippen MR) is 60.4 cm³/mol. The van der Waals surface area contributed by atoms with Crippen LogP contribution < -0.4 is 0 Å². The molecule has 0 bridgehead atoms. The minimum atomic E-state index is 0.829. The first-order valence-electron chi connectivity index (χ1n) is 5.60. The summed E-state index contributed by atoms with van der Waals surface area (Å²) in [6.45, 7) is 1.29. The highest BCUT2D eigenvalue weighted by Gasteiger charge is 2.19. The quantitative estimate of drug-likeness (QED) is 0.706. The Balaban J connectivity index is 1.82. The fraction of sp³-hybridized carbons (Fsp3) is 0.538. The molecule has 0 N–H and O–H groups in total. The van der Waals surface area contributed by atoms with Gasteiger partial charge >= 0.3 is 0 Å². The van der Waals surface area contributed by atoms with Crippen LogP contribution in [0.15, 0.2) is 30.3 Å². The molecule has 1 aromatic carbocycles. The predicted octanol–water partition coefficient (Wildman–Crippen LogP) is 2.71. The number of aryl methyl sites for hydroxylation is 1. The second-order valence-electron chi connectivity index (χ2n) is 4.30. The topological polar surface area (TPSA) is 3.24 Å². The summed E-state index contributed by atoms with van der Waals surface area (Å²) in [5, 5.41) is 0. The second kappa shape index (κ2) is 4.61. The summed E-state index contributed by atoms with van der Waals surface area (Å²) in [5.74, 6) is 0. The molecule has 0 radical (unpaired) electrons. The summed E-state index contributed by atoms with van der Waals surface area (Å²) >= 11 is 0. The lowest BCUT2D eigenvalue weighted by Crippen LogP contribution is -2.25. The molecule has 14 heavy (non-hydrogen) atoms. The van der Waals surface area contributed by atoms with Crippen molar-refractivity contribution in [1.29, 1.82) is 0 Å². The molecule has 1 fully saturated rings. The number of rotatable bonds is 3. The molecule has 1 unspecified atom stereocenters. The van der Waals surface area contributed by atoms with E-state index in [4.69, 9.17) is 0 Å². The van der Waals surface area contributed by atoms with Gasteiger partial charge in [-0.2, -0.15) is 0 Å². The Morgan fingerprint density at radius 2 is 2.07 bits per heavy atom. The highest BCUT2D eigenvalue weighted by molar-refractivity contribution is 5.14. The first-order valence-corrected chi connectivity index (χ1v) is 5.60. The minimum Gasteiger partial charge on any atom is -0.303 e. The minimum absolute atomic E-state index is 0.829. The van der Waals surface area contributed by atoms with E-state index >= 15 is 0 Å². The van der Waals surface area contributed by atoms with Crippen LogP contribution in [-0.4, -0.2) is 24.5 Å². The molecular weight excluding hydrogens is 170 g/mol. The summed E-state index contributed by atoms with van der Waals surface area (Å²) in [6.07, 6.45) is 5.33. The molecule has 76 valence electrons. The van der Waals surface area contributed by atoms with Crippen LogP contribution in [0.5, 0.6) is 0 Å². The van der Waals surface area contributed by atoms with Crippen LogP contribution in [0.2, 0.25) is 0 Å². The normalized spacial score (nSPS) is 22.8. The Kier molecular flexibility index (Phi) is 3.20. The average Bonchev–Trinajstić information content (AvgIpc) is 2.63. The molecule has 0 aromatic heterocycles. The average molecular weight is 189 g/mol. The standard InChI is InChI=1S/C13H19N/c1-14-11-5-8-13(14)10-9-12-6-3-2-4-7-12/h2-4,6-7,13H,5,8-11H2,1H3. The zero-order valence-corrected chi connectivity index (χ0v) is 8.95. The lowest BCUT2D eigenvalue weighted by atomic mass is 10.0. The van der Waals surface area contributed by atoms with Crippen LogP contribution in [0.4, 0.5) is 0 Å². The maximum Gasteiger partial charge on any atom is 0.00958 e. The van der Waals surface area contributed by atoms with Crippen LogP contribution in [0, 0.1) is 0 Å². The first kappa shape index (κ1) is 9.72. The van der Waals surface area contributed by atoms with E-state index in [0.29, 0.717) is 0 Å². The lowest BCUT2D eigenvalue weighted by molar-refractivity contribution is 0.296. The molecule has 0 aliphatic carbocycles. The number of likely N-dealkylation sites (tertiary alicyclic amines) is 1. The SMILES string of the molecule is CN1CCCC1CCc1ccccc1. The van der Waals surface area contributed by atoms with Gasteiger partial charge in [-0.15, -0.1) is 0 Å². The van der Waals surface area contributed by atoms with E-state index in [-0.39, 0.29) is 0 Å². The Morgan fingerprint density at radius 1 is 1.29 bits per heavy atom. The van der Waals surface area contributed by atoms with Gasteiger partial charge in [0.15, 0.2) is 0 Å². The van der Waals surface area contributed by atoms with Gasteiger partial charge in [-0.1, -0.05) is 30.3 Å². The molecule has 1 aliphatic rings. The third-order valence-electron chi connectivity index (χ3n) is 3.28. The summed E-state index contributed by atoms with van der Waals surface area (Å²) in [7, 11) is 2.25. The van der Waals surface area contributed by atoms with Crippen molar-refractivity contribution in [3.8, 4) is 0 Å². The fourth-order valence-electron chi connectivity index (χ4n) is 2.32. The highest BCUT2D eigenvalue weighted by Crippen LogP contribution is 2.19. The van der Waals surface area contributed by atoms with Crippen molar-refractivity contribution in [3.05, 3.63) is 35.9 Å². The van der Waals surface area contributed by atoms with E-state index in [0.717, 1.165) is 6.04 Å². The molecule has 0 amide bonds. The smallest absolute Gasteiger partial charge is 0.00958 e. The molecule has 1 heterocycles. The van der Waals surface area contributed by atoms with Crippen LogP contribution in [0.3, 0.4) is 0 Å². The van der Waals surface area contributed by atoms with E-state index in [9.17, 15) is 0 Å². The summed E-state index contributed by atoms with van der Waals surface area (Å²) < 4.78 is 0. The van der Waals surface area contributed by atoms with Gasteiger partial charge in [0.1, 0.15) is 0 Å². The van der Waals surface area contributed by atoms with Crippen molar-refractivity contribution < 1.29 is 0 Å². The molecule has 1 heteroatoms. The monoisotopic (exact) mass is 189 g/mol. The van der Waals surface area contributed by atoms with E-state index in [1.807, 2.05) is 0 Å². The Labute approximate surface area is 86.7 Å². The summed E-state index contributed by atoms with van der Waals surface area (Å²) in [5.41, 5.74) is 1.48. The Hall–Kier alpha value is -0.820. The molecule has 2 rings (SSSR count). The van der Waals surface area contributed by atoms with Crippen molar-refractivity contribution in [1.82, 2.24) is 4.90 Å². The molecular formula is C13H19N. The maximum atomic E-state index is 2.50. The summed E-state index contributed by atoms with van der Waals surface area (Å²) in [4.78, 5) is 2.50. The molecule has 1 aromatic rings. The molecule has 1 saturated heterocycles. The van der Waals surface area contributed by atoms with Crippen molar-refractivity contribution in [2.45, 2.75) is 31.7 Å². The Morgan fingerprint density at radius 3 is 2.71 bits per heavy atom. The zero-order chi connectivity index (χ0) is 9.80. The van der Waals surface area contributed by atoms with Gasteiger partial charge in [0.25, 0.3) is 0 Å². The number of nitrogens with zero attached hydrogens (tertiary/aromatic N) is 1. The molecule has 0 spiro atoms. The third kappa shape index (κ3) is 2.36. The number of hydrogen-bond acceptors (Lipinski definition) is 1.